The van der Waals surface area contributed by atoms with Gasteiger partial charge in [-0.2, -0.15) is 0 Å². The van der Waals surface area contributed by atoms with Crippen LogP contribution in [0.15, 0.2) is 47.2 Å². The van der Waals surface area contributed by atoms with Crippen LogP contribution in [0.5, 0.6) is 5.75 Å². The van der Waals surface area contributed by atoms with Gasteiger partial charge in [-0.15, -0.1) is 0 Å². The van der Waals surface area contributed by atoms with E-state index in [1.807, 2.05) is 18.2 Å². The topological polar surface area (TPSA) is 39.2 Å². The fraction of sp³-hybridized carbons (Fsp3) is 0.143. The fourth-order valence-electron chi connectivity index (χ4n) is 1.55. The van der Waals surface area contributed by atoms with E-state index >= 15 is 0 Å². The summed E-state index contributed by atoms with van der Waals surface area (Å²) in [6.07, 6.45) is 3.45. The Labute approximate surface area is 114 Å². The van der Waals surface area contributed by atoms with Crippen molar-refractivity contribution in [2.24, 2.45) is 0 Å². The second kappa shape index (κ2) is 5.78. The van der Waals surface area contributed by atoms with Crippen molar-refractivity contribution in [2.45, 2.75) is 13.5 Å². The van der Waals surface area contributed by atoms with Gasteiger partial charge in [-0.1, -0.05) is 22.0 Å². The molecule has 18 heavy (non-hydrogen) atoms. The number of ether oxygens (including phenoxy) is 1. The molecular weight excluding hydrogens is 294 g/mol. The Hall–Kier alpha value is -1.68. The summed E-state index contributed by atoms with van der Waals surface area (Å²) in [6, 6.07) is 9.19. The Morgan fingerprint density at radius 3 is 2.89 bits per heavy atom. The minimum Gasteiger partial charge on any atom is -0.488 e. The molecular formula is C14H12BrNO2. The molecule has 2 rings (SSSR count). The summed E-state index contributed by atoms with van der Waals surface area (Å²) in [6.45, 7) is 1.93. The standard InChI is InChI=1S/C14H12BrNO2/c1-10(17)13-7-12(15)4-5-14(13)18-9-11-3-2-6-16-8-11/h2-8H,9H2,1H3. The van der Waals surface area contributed by atoms with Gasteiger partial charge in [0.25, 0.3) is 0 Å². The maximum absolute atomic E-state index is 11.5. The van der Waals surface area contributed by atoms with Gasteiger partial charge in [-0.05, 0) is 31.2 Å². The normalized spacial score (nSPS) is 10.1. The molecule has 3 nitrogen and oxygen atoms in total. The van der Waals surface area contributed by atoms with E-state index in [0.717, 1.165) is 10.0 Å². The number of nitrogens with zero attached hydrogens (tertiary/aromatic N) is 1. The maximum atomic E-state index is 11.5. The fourth-order valence-corrected chi connectivity index (χ4v) is 1.91. The van der Waals surface area contributed by atoms with Gasteiger partial charge in [0.05, 0.1) is 5.56 Å². The van der Waals surface area contributed by atoms with Crippen molar-refractivity contribution in [3.8, 4) is 5.75 Å². The minimum absolute atomic E-state index is 0.0162. The molecule has 1 aromatic heterocycles. The number of benzene rings is 1. The van der Waals surface area contributed by atoms with E-state index < -0.39 is 0 Å². The summed E-state index contributed by atoms with van der Waals surface area (Å²) in [5.41, 5.74) is 1.54. The first-order chi connectivity index (χ1) is 8.66. The molecule has 0 atom stereocenters. The van der Waals surface area contributed by atoms with E-state index in [1.54, 1.807) is 24.5 Å². The van der Waals surface area contributed by atoms with Crippen molar-refractivity contribution < 1.29 is 9.53 Å². The Morgan fingerprint density at radius 1 is 1.39 bits per heavy atom. The van der Waals surface area contributed by atoms with Crippen LogP contribution in [0.1, 0.15) is 22.8 Å². The number of carbonyl (C=O) groups is 1. The molecule has 0 bridgehead atoms. The highest BCUT2D eigenvalue weighted by Crippen LogP contribution is 2.24. The summed E-state index contributed by atoms with van der Waals surface area (Å²) in [7, 11) is 0. The number of carbonyl (C=O) groups excluding carboxylic acids is 1. The number of pyridine rings is 1. The first kappa shape index (κ1) is 12.8. The Kier molecular flexibility index (Phi) is 4.10. The quantitative estimate of drug-likeness (QED) is 0.810. The summed E-state index contributed by atoms with van der Waals surface area (Å²) in [5, 5.41) is 0. The average Bonchev–Trinajstić information content (AvgIpc) is 2.38. The minimum atomic E-state index is -0.0162. The van der Waals surface area contributed by atoms with Gasteiger partial charge in [0, 0.05) is 22.4 Å². The number of halogens is 1. The Morgan fingerprint density at radius 2 is 2.22 bits per heavy atom. The van der Waals surface area contributed by atoms with E-state index in [0.29, 0.717) is 17.9 Å². The van der Waals surface area contributed by atoms with Gasteiger partial charge in [0.1, 0.15) is 12.4 Å². The van der Waals surface area contributed by atoms with Crippen LogP contribution in [0.2, 0.25) is 0 Å². The zero-order chi connectivity index (χ0) is 13.0. The van der Waals surface area contributed by atoms with Crippen molar-refractivity contribution in [1.82, 2.24) is 4.98 Å². The van der Waals surface area contributed by atoms with Gasteiger partial charge in [0.2, 0.25) is 0 Å². The van der Waals surface area contributed by atoms with Crippen molar-refractivity contribution in [3.63, 3.8) is 0 Å². The summed E-state index contributed by atoms with van der Waals surface area (Å²) < 4.78 is 6.52. The number of hydrogen-bond donors (Lipinski definition) is 0. The molecule has 0 aliphatic heterocycles. The Balaban J connectivity index is 2.17. The molecule has 1 aromatic carbocycles. The van der Waals surface area contributed by atoms with Crippen LogP contribution in [0.3, 0.4) is 0 Å². The predicted octanol–water partition coefficient (Wildman–Crippen LogP) is 3.63. The van der Waals surface area contributed by atoms with E-state index in [2.05, 4.69) is 20.9 Å². The Bertz CT molecular complexity index is 555. The van der Waals surface area contributed by atoms with Crippen LogP contribution in [0.4, 0.5) is 0 Å². The first-order valence-electron chi connectivity index (χ1n) is 5.49. The predicted molar refractivity (Wildman–Crippen MR) is 72.7 cm³/mol. The number of Topliss-reactive ketones (excluding diaryl/α,β-unsaturated/α-hetero) is 1. The van der Waals surface area contributed by atoms with Crippen LogP contribution in [-0.4, -0.2) is 10.8 Å². The molecule has 0 radical (unpaired) electrons. The summed E-state index contributed by atoms with van der Waals surface area (Å²) >= 11 is 3.34. The molecule has 92 valence electrons. The van der Waals surface area contributed by atoms with Crippen LogP contribution < -0.4 is 4.74 Å². The second-order valence-corrected chi connectivity index (χ2v) is 4.76. The highest BCUT2D eigenvalue weighted by atomic mass is 79.9. The van der Waals surface area contributed by atoms with Gasteiger partial charge in [0.15, 0.2) is 5.78 Å². The molecule has 2 aromatic rings. The number of rotatable bonds is 4. The molecule has 0 unspecified atom stereocenters. The lowest BCUT2D eigenvalue weighted by Gasteiger charge is -2.10. The molecule has 0 aliphatic rings. The molecule has 0 N–H and O–H groups in total. The molecule has 0 fully saturated rings. The lowest BCUT2D eigenvalue weighted by atomic mass is 10.1. The van der Waals surface area contributed by atoms with Crippen LogP contribution >= 0.6 is 15.9 Å². The van der Waals surface area contributed by atoms with E-state index in [-0.39, 0.29) is 5.78 Å². The van der Waals surface area contributed by atoms with Crippen LogP contribution in [-0.2, 0) is 6.61 Å². The van der Waals surface area contributed by atoms with E-state index in [4.69, 9.17) is 4.74 Å². The molecule has 0 aliphatic carbocycles. The summed E-state index contributed by atoms with van der Waals surface area (Å²) in [5.74, 6) is 0.576. The van der Waals surface area contributed by atoms with Crippen molar-refractivity contribution in [1.29, 1.82) is 0 Å². The summed E-state index contributed by atoms with van der Waals surface area (Å²) in [4.78, 5) is 15.5. The molecule has 4 heteroatoms. The second-order valence-electron chi connectivity index (χ2n) is 3.85. The third-order valence-corrected chi connectivity index (χ3v) is 2.93. The monoisotopic (exact) mass is 305 g/mol. The largest absolute Gasteiger partial charge is 0.488 e. The first-order valence-corrected chi connectivity index (χ1v) is 6.28. The van der Waals surface area contributed by atoms with Gasteiger partial charge in [-0.25, -0.2) is 0 Å². The lowest BCUT2D eigenvalue weighted by molar-refractivity contribution is 0.101. The highest BCUT2D eigenvalue weighted by Gasteiger charge is 2.09. The molecule has 0 saturated heterocycles. The molecule has 0 spiro atoms. The zero-order valence-electron chi connectivity index (χ0n) is 9.89. The molecule has 0 amide bonds. The number of ketones is 1. The molecule has 0 saturated carbocycles. The third-order valence-electron chi connectivity index (χ3n) is 2.44. The number of hydrogen-bond acceptors (Lipinski definition) is 3. The van der Waals surface area contributed by atoms with Crippen molar-refractivity contribution in [3.05, 3.63) is 58.3 Å². The van der Waals surface area contributed by atoms with Gasteiger partial charge < -0.3 is 4.74 Å². The van der Waals surface area contributed by atoms with E-state index in [9.17, 15) is 4.79 Å². The third kappa shape index (κ3) is 3.17. The van der Waals surface area contributed by atoms with Crippen LogP contribution in [0.25, 0.3) is 0 Å². The number of aromatic nitrogens is 1. The lowest BCUT2D eigenvalue weighted by Crippen LogP contribution is -2.01. The molecule has 1 heterocycles. The smallest absolute Gasteiger partial charge is 0.163 e. The van der Waals surface area contributed by atoms with E-state index in [1.165, 1.54) is 6.92 Å². The van der Waals surface area contributed by atoms with Gasteiger partial charge >= 0.3 is 0 Å². The highest BCUT2D eigenvalue weighted by molar-refractivity contribution is 9.10. The average molecular weight is 306 g/mol. The van der Waals surface area contributed by atoms with Crippen molar-refractivity contribution in [2.75, 3.05) is 0 Å². The van der Waals surface area contributed by atoms with Gasteiger partial charge in [-0.3, -0.25) is 9.78 Å². The van der Waals surface area contributed by atoms with Crippen LogP contribution in [0, 0.1) is 0 Å². The SMILES string of the molecule is CC(=O)c1cc(Br)ccc1OCc1cccnc1. The van der Waals surface area contributed by atoms with Crippen molar-refractivity contribution >= 4 is 21.7 Å². The maximum Gasteiger partial charge on any atom is 0.163 e. The zero-order valence-corrected chi connectivity index (χ0v) is 11.5.